The Balaban J connectivity index is 1.48. The van der Waals surface area contributed by atoms with Gasteiger partial charge in [-0.2, -0.15) is 5.10 Å². The minimum atomic E-state index is -1.01. The van der Waals surface area contributed by atoms with E-state index in [0.717, 1.165) is 16.8 Å². The Morgan fingerprint density at radius 2 is 1.70 bits per heavy atom. The molecule has 0 radical (unpaired) electrons. The van der Waals surface area contributed by atoms with Gasteiger partial charge < -0.3 is 9.80 Å². The minimum Gasteiger partial charge on any atom is -0.306 e. The molecule has 162 valence electrons. The van der Waals surface area contributed by atoms with Gasteiger partial charge in [-0.25, -0.2) is 9.67 Å². The fraction of sp³-hybridized carbons (Fsp3) is 0.120. The number of halogens is 1. The quantitative estimate of drug-likeness (QED) is 0.472. The lowest BCUT2D eigenvalue weighted by Gasteiger charge is -2.40. The van der Waals surface area contributed by atoms with Crippen molar-refractivity contribution in [2.45, 2.75) is 5.66 Å². The predicted octanol–water partition coefficient (Wildman–Crippen LogP) is 3.73. The van der Waals surface area contributed by atoms with Crippen LogP contribution in [0.1, 0.15) is 31.8 Å². The molecule has 2 aliphatic heterocycles. The van der Waals surface area contributed by atoms with E-state index in [2.05, 4.69) is 10.1 Å². The lowest BCUT2D eigenvalue weighted by Crippen LogP contribution is -2.51. The number of rotatable bonds is 3. The summed E-state index contributed by atoms with van der Waals surface area (Å²) in [6, 6.07) is 22.1. The lowest BCUT2D eigenvalue weighted by atomic mass is 9.89. The predicted molar refractivity (Wildman–Crippen MR) is 122 cm³/mol. The van der Waals surface area contributed by atoms with Crippen molar-refractivity contribution in [2.75, 3.05) is 13.1 Å². The first kappa shape index (κ1) is 19.7. The zero-order valence-electron chi connectivity index (χ0n) is 17.4. The molecule has 1 unspecified atom stereocenters. The summed E-state index contributed by atoms with van der Waals surface area (Å²) in [6.07, 6.45) is 3.06. The Hall–Kier alpha value is -3.97. The van der Waals surface area contributed by atoms with Crippen LogP contribution in [0.25, 0.3) is 5.69 Å². The highest BCUT2D eigenvalue weighted by molar-refractivity contribution is 6.30. The highest BCUT2D eigenvalue weighted by atomic mass is 35.5. The number of hydrogen-bond acceptors (Lipinski definition) is 4. The Morgan fingerprint density at radius 1 is 0.939 bits per heavy atom. The van der Waals surface area contributed by atoms with E-state index in [4.69, 9.17) is 11.6 Å². The molecule has 0 N–H and O–H groups in total. The average Bonchev–Trinajstić information content (AvgIpc) is 3.57. The second-order valence-corrected chi connectivity index (χ2v) is 8.46. The number of hydrogen-bond donors (Lipinski definition) is 0. The van der Waals surface area contributed by atoms with E-state index < -0.39 is 5.66 Å². The number of carbonyl (C=O) groups is 2. The van der Waals surface area contributed by atoms with Crippen LogP contribution in [-0.2, 0) is 5.66 Å². The molecule has 0 bridgehead atoms. The molecule has 1 aromatic heterocycles. The molecule has 0 aliphatic carbocycles. The molecule has 0 saturated carbocycles. The van der Waals surface area contributed by atoms with Crippen LogP contribution in [0.3, 0.4) is 0 Å². The molecular formula is C25H18ClN5O2. The van der Waals surface area contributed by atoms with Gasteiger partial charge in [0, 0.05) is 40.4 Å². The average molecular weight is 456 g/mol. The van der Waals surface area contributed by atoms with E-state index in [1.807, 2.05) is 48.5 Å². The van der Waals surface area contributed by atoms with Crippen molar-refractivity contribution in [3.05, 3.63) is 113 Å². The number of benzene rings is 3. The first-order valence-corrected chi connectivity index (χ1v) is 10.9. The SMILES string of the molecule is O=C(c1ccc(-n2cncn2)cc1)N1CCN2C(=O)c3ccccc3C12c1ccc(Cl)cc1. The van der Waals surface area contributed by atoms with Gasteiger partial charge in [-0.15, -0.1) is 0 Å². The summed E-state index contributed by atoms with van der Waals surface area (Å²) in [7, 11) is 0. The van der Waals surface area contributed by atoms with E-state index in [1.165, 1.54) is 6.33 Å². The van der Waals surface area contributed by atoms with Gasteiger partial charge in [0.1, 0.15) is 12.7 Å². The van der Waals surface area contributed by atoms with Gasteiger partial charge in [-0.05, 0) is 42.5 Å². The fourth-order valence-electron chi connectivity index (χ4n) is 4.98. The van der Waals surface area contributed by atoms with Crippen molar-refractivity contribution in [3.8, 4) is 5.69 Å². The van der Waals surface area contributed by atoms with E-state index in [9.17, 15) is 9.59 Å². The summed E-state index contributed by atoms with van der Waals surface area (Å²) >= 11 is 6.17. The smallest absolute Gasteiger partial charge is 0.256 e. The Labute approximate surface area is 194 Å². The van der Waals surface area contributed by atoms with E-state index in [0.29, 0.717) is 29.2 Å². The van der Waals surface area contributed by atoms with Crippen LogP contribution in [0.5, 0.6) is 0 Å². The summed E-state index contributed by atoms with van der Waals surface area (Å²) in [6.45, 7) is 0.866. The second kappa shape index (κ2) is 7.28. The van der Waals surface area contributed by atoms with Crippen LogP contribution < -0.4 is 0 Å². The maximum absolute atomic E-state index is 13.9. The highest BCUT2D eigenvalue weighted by Gasteiger charge is 2.59. The molecule has 3 aromatic carbocycles. The molecule has 0 spiro atoms. The number of nitrogens with zero attached hydrogens (tertiary/aromatic N) is 5. The van der Waals surface area contributed by atoms with Gasteiger partial charge in [-0.1, -0.05) is 41.9 Å². The van der Waals surface area contributed by atoms with Crippen molar-refractivity contribution in [1.82, 2.24) is 24.6 Å². The molecule has 1 atom stereocenters. The molecule has 4 aromatic rings. The maximum atomic E-state index is 13.9. The van der Waals surface area contributed by atoms with Gasteiger partial charge in [0.15, 0.2) is 5.66 Å². The molecule has 7 nitrogen and oxygen atoms in total. The van der Waals surface area contributed by atoms with Crippen molar-refractivity contribution in [1.29, 1.82) is 0 Å². The minimum absolute atomic E-state index is 0.0719. The molecular weight excluding hydrogens is 438 g/mol. The third-order valence-corrected chi connectivity index (χ3v) is 6.65. The van der Waals surface area contributed by atoms with Crippen LogP contribution in [0.4, 0.5) is 0 Å². The van der Waals surface area contributed by atoms with Crippen molar-refractivity contribution >= 4 is 23.4 Å². The monoisotopic (exact) mass is 455 g/mol. The van der Waals surface area contributed by atoms with Gasteiger partial charge in [0.25, 0.3) is 11.8 Å². The molecule has 2 amide bonds. The summed E-state index contributed by atoms with van der Waals surface area (Å²) in [5, 5.41) is 4.72. The van der Waals surface area contributed by atoms with Gasteiger partial charge in [-0.3, -0.25) is 9.59 Å². The first-order valence-electron chi connectivity index (χ1n) is 10.6. The third-order valence-electron chi connectivity index (χ3n) is 6.40. The van der Waals surface area contributed by atoms with Crippen LogP contribution in [0, 0.1) is 0 Å². The molecule has 1 saturated heterocycles. The van der Waals surface area contributed by atoms with E-state index in [-0.39, 0.29) is 11.8 Å². The summed E-state index contributed by atoms with van der Waals surface area (Å²) < 4.78 is 1.63. The standard InChI is InChI=1S/C25H18ClN5O2/c26-19-9-7-18(8-10-19)25-22-4-2-1-3-21(22)24(33)30(25)14-13-29(25)23(32)17-5-11-20(12-6-17)31-16-27-15-28-31/h1-12,15-16H,13-14H2. The van der Waals surface area contributed by atoms with E-state index >= 15 is 0 Å². The van der Waals surface area contributed by atoms with Crippen LogP contribution >= 0.6 is 11.6 Å². The van der Waals surface area contributed by atoms with Crippen molar-refractivity contribution in [2.24, 2.45) is 0 Å². The number of aromatic nitrogens is 3. The van der Waals surface area contributed by atoms with Crippen molar-refractivity contribution in [3.63, 3.8) is 0 Å². The Morgan fingerprint density at radius 3 is 2.42 bits per heavy atom. The zero-order chi connectivity index (χ0) is 22.6. The maximum Gasteiger partial charge on any atom is 0.256 e. The van der Waals surface area contributed by atoms with Crippen LogP contribution in [0.15, 0.2) is 85.5 Å². The summed E-state index contributed by atoms with van der Waals surface area (Å²) in [5.74, 6) is -0.223. The van der Waals surface area contributed by atoms with E-state index in [1.54, 1.807) is 45.1 Å². The van der Waals surface area contributed by atoms with Crippen molar-refractivity contribution < 1.29 is 9.59 Å². The van der Waals surface area contributed by atoms with Gasteiger partial charge in [0.05, 0.1) is 5.69 Å². The normalized spacial score (nSPS) is 19.0. The largest absolute Gasteiger partial charge is 0.306 e. The van der Waals surface area contributed by atoms with Gasteiger partial charge >= 0.3 is 0 Å². The number of amides is 2. The van der Waals surface area contributed by atoms with Crippen LogP contribution in [0.2, 0.25) is 5.02 Å². The zero-order valence-corrected chi connectivity index (χ0v) is 18.2. The molecule has 1 fully saturated rings. The Bertz CT molecular complexity index is 1370. The summed E-state index contributed by atoms with van der Waals surface area (Å²) in [5.41, 5.74) is 2.58. The number of carbonyl (C=O) groups excluding carboxylic acids is 2. The Kier molecular flexibility index (Phi) is 4.35. The van der Waals surface area contributed by atoms with Gasteiger partial charge in [0.2, 0.25) is 0 Å². The van der Waals surface area contributed by atoms with Crippen LogP contribution in [-0.4, -0.2) is 49.5 Å². The topological polar surface area (TPSA) is 71.3 Å². The summed E-state index contributed by atoms with van der Waals surface area (Å²) in [4.78, 5) is 34.8. The molecule has 2 aliphatic rings. The number of fused-ring (bicyclic) bond motifs is 3. The molecule has 8 heteroatoms. The first-order chi connectivity index (χ1) is 16.1. The lowest BCUT2D eigenvalue weighted by molar-refractivity contribution is 0.0375. The molecule has 3 heterocycles. The molecule has 6 rings (SSSR count). The fourth-order valence-corrected chi connectivity index (χ4v) is 5.11. The second-order valence-electron chi connectivity index (χ2n) is 8.03. The highest BCUT2D eigenvalue weighted by Crippen LogP contribution is 2.50. The molecule has 33 heavy (non-hydrogen) atoms. The third kappa shape index (κ3) is 2.75.